The van der Waals surface area contributed by atoms with Gasteiger partial charge in [-0.3, -0.25) is 9.69 Å². The number of anilines is 3. The number of ether oxygens (including phenoxy) is 1. The lowest BCUT2D eigenvalue weighted by Gasteiger charge is -2.31. The smallest absolute Gasteiger partial charge is 0.321 e. The van der Waals surface area contributed by atoms with Crippen LogP contribution < -0.4 is 20.7 Å². The highest BCUT2D eigenvalue weighted by Crippen LogP contribution is 2.41. The van der Waals surface area contributed by atoms with Gasteiger partial charge in [0.25, 0.3) is 5.91 Å². The Balaban J connectivity index is 1.20. The zero-order valence-electron chi connectivity index (χ0n) is 21.3. The van der Waals surface area contributed by atoms with E-state index in [-0.39, 0.29) is 23.8 Å². The summed E-state index contributed by atoms with van der Waals surface area (Å²) in [6.07, 6.45) is 0. The lowest BCUT2D eigenvalue weighted by atomic mass is 10.1. The molecular formula is C26H29FN8O2S. The number of amides is 1. The molecule has 0 aliphatic carbocycles. The molecule has 0 radical (unpaired) electrons. The molecule has 38 heavy (non-hydrogen) atoms. The van der Waals surface area contributed by atoms with Gasteiger partial charge in [0.05, 0.1) is 11.2 Å². The maximum Gasteiger partial charge on any atom is 0.321 e. The van der Waals surface area contributed by atoms with Gasteiger partial charge in [-0.15, -0.1) is 11.3 Å². The van der Waals surface area contributed by atoms with Crippen molar-refractivity contribution < 1.29 is 13.9 Å². The van der Waals surface area contributed by atoms with Crippen LogP contribution in [0.2, 0.25) is 0 Å². The van der Waals surface area contributed by atoms with Gasteiger partial charge < -0.3 is 25.6 Å². The number of hydrogen-bond donors (Lipinski definition) is 3. The molecule has 3 aromatic heterocycles. The van der Waals surface area contributed by atoms with E-state index in [1.807, 2.05) is 31.2 Å². The highest BCUT2D eigenvalue weighted by molar-refractivity contribution is 7.21. The number of benzene rings is 1. The summed E-state index contributed by atoms with van der Waals surface area (Å²) in [7, 11) is 2.11. The second-order valence-corrected chi connectivity index (χ2v) is 10.8. The first-order valence-electron chi connectivity index (χ1n) is 12.7. The summed E-state index contributed by atoms with van der Waals surface area (Å²) in [5.41, 5.74) is 1.59. The number of fused-ring (bicyclic) bond motifs is 5. The van der Waals surface area contributed by atoms with Crippen molar-refractivity contribution in [2.24, 2.45) is 0 Å². The highest BCUT2D eigenvalue weighted by atomic mass is 32.1. The van der Waals surface area contributed by atoms with E-state index in [0.717, 1.165) is 59.4 Å². The van der Waals surface area contributed by atoms with Gasteiger partial charge in [0, 0.05) is 66.8 Å². The van der Waals surface area contributed by atoms with Crippen LogP contribution in [0.15, 0.2) is 30.3 Å². The molecule has 198 valence electrons. The molecule has 2 aliphatic rings. The number of halogens is 1. The first-order chi connectivity index (χ1) is 18.4. The van der Waals surface area contributed by atoms with Crippen LogP contribution in [0, 0.1) is 5.95 Å². The molecule has 3 N–H and O–H groups in total. The average Bonchev–Trinajstić information content (AvgIpc) is 3.21. The molecule has 12 heteroatoms. The quantitative estimate of drug-likeness (QED) is 0.320. The molecule has 1 atom stereocenters. The van der Waals surface area contributed by atoms with E-state index in [1.165, 1.54) is 17.4 Å². The van der Waals surface area contributed by atoms with Crippen molar-refractivity contribution in [1.82, 2.24) is 30.1 Å². The van der Waals surface area contributed by atoms with E-state index >= 15 is 0 Å². The molecular weight excluding hydrogens is 507 g/mol. The molecule has 1 saturated heterocycles. The summed E-state index contributed by atoms with van der Waals surface area (Å²) in [6, 6.07) is 8.91. The van der Waals surface area contributed by atoms with Gasteiger partial charge in [-0.1, -0.05) is 0 Å². The first-order valence-corrected chi connectivity index (χ1v) is 13.5. The van der Waals surface area contributed by atoms with Gasteiger partial charge >= 0.3 is 6.01 Å². The number of rotatable bonds is 6. The number of hydrogen-bond acceptors (Lipinski definition) is 10. The Hall–Kier alpha value is -3.61. The van der Waals surface area contributed by atoms with Gasteiger partial charge in [-0.05, 0) is 38.2 Å². The topological polar surface area (TPSA) is 108 Å². The van der Waals surface area contributed by atoms with E-state index in [0.29, 0.717) is 23.8 Å². The van der Waals surface area contributed by atoms with Crippen LogP contribution in [0.1, 0.15) is 16.6 Å². The molecule has 0 spiro atoms. The number of likely N-dealkylation sites (N-methyl/N-ethyl adjacent to an activating group) is 1. The molecule has 1 aromatic carbocycles. The maximum absolute atomic E-state index is 14.3. The minimum Gasteiger partial charge on any atom is -0.462 e. The van der Waals surface area contributed by atoms with Crippen molar-refractivity contribution in [2.75, 3.05) is 63.6 Å². The Kier molecular flexibility index (Phi) is 6.68. The molecule has 10 nitrogen and oxygen atoms in total. The predicted molar refractivity (Wildman–Crippen MR) is 147 cm³/mol. The lowest BCUT2D eigenvalue weighted by molar-refractivity contribution is 0.0949. The van der Waals surface area contributed by atoms with Crippen LogP contribution in [0.25, 0.3) is 21.0 Å². The van der Waals surface area contributed by atoms with E-state index in [4.69, 9.17) is 9.72 Å². The minimum atomic E-state index is -0.681. The van der Waals surface area contributed by atoms with Crippen molar-refractivity contribution in [3.8, 4) is 6.01 Å². The van der Waals surface area contributed by atoms with Crippen LogP contribution in [0.4, 0.5) is 21.7 Å². The maximum atomic E-state index is 14.3. The summed E-state index contributed by atoms with van der Waals surface area (Å²) in [6.45, 7) is 7.74. The number of carbonyl (C=O) groups is 1. The zero-order chi connectivity index (χ0) is 26.2. The van der Waals surface area contributed by atoms with Crippen molar-refractivity contribution in [1.29, 1.82) is 0 Å². The molecule has 0 unspecified atom stereocenters. The lowest BCUT2D eigenvalue weighted by Crippen LogP contribution is -2.45. The van der Waals surface area contributed by atoms with Gasteiger partial charge in [-0.25, -0.2) is 4.98 Å². The number of pyridine rings is 1. The van der Waals surface area contributed by atoms with Crippen molar-refractivity contribution >= 4 is 55.6 Å². The van der Waals surface area contributed by atoms with Gasteiger partial charge in [0.2, 0.25) is 5.95 Å². The van der Waals surface area contributed by atoms with Crippen molar-refractivity contribution in [2.45, 2.75) is 13.0 Å². The predicted octanol–water partition coefficient (Wildman–Crippen LogP) is 3.29. The highest BCUT2D eigenvalue weighted by Gasteiger charge is 2.24. The Morgan fingerprint density at radius 3 is 2.82 bits per heavy atom. The first kappa shape index (κ1) is 24.7. The molecule has 4 aromatic rings. The molecule has 0 saturated carbocycles. The fraction of sp³-hybridized carbons (Fsp3) is 0.385. The normalized spacial score (nSPS) is 18.6. The standard InChI is InChI=1S/C26H29FN8O2S/c1-15-14-28-23-22-16-3-6-20(30-17(16)4-5-18(22)38-24(23)25(36)29-15)32-21-13-19(27)31-26(33-21)37-12-11-35-9-7-34(2)8-10-35/h3-6,13,15,28H,7-12,14H2,1-2H3,(H,29,36)(H,30,31,32,33)/t15-/m0/s1. The molecule has 5 heterocycles. The third-order valence-electron chi connectivity index (χ3n) is 6.86. The SMILES string of the molecule is C[C@H]1CNc2c(sc3ccc4nc(Nc5cc(F)nc(OCCN6CCN(C)CC6)n5)ccc4c23)C(=O)N1. The molecule has 0 bridgehead atoms. The fourth-order valence-corrected chi connectivity index (χ4v) is 5.89. The van der Waals surface area contributed by atoms with E-state index < -0.39 is 5.95 Å². The van der Waals surface area contributed by atoms with E-state index in [1.54, 1.807) is 0 Å². The number of aromatic nitrogens is 3. The van der Waals surface area contributed by atoms with Gasteiger partial charge in [-0.2, -0.15) is 14.4 Å². The molecule has 1 fully saturated rings. The summed E-state index contributed by atoms with van der Waals surface area (Å²) in [4.78, 5) is 30.8. The zero-order valence-corrected chi connectivity index (χ0v) is 22.1. The number of thiophene rings is 1. The Bertz CT molecular complexity index is 1500. The monoisotopic (exact) mass is 536 g/mol. The number of nitrogens with zero attached hydrogens (tertiary/aromatic N) is 5. The van der Waals surface area contributed by atoms with Crippen LogP contribution in [-0.2, 0) is 0 Å². The van der Waals surface area contributed by atoms with Crippen molar-refractivity contribution in [3.05, 3.63) is 41.2 Å². The van der Waals surface area contributed by atoms with Crippen molar-refractivity contribution in [3.63, 3.8) is 0 Å². The fourth-order valence-electron chi connectivity index (χ4n) is 4.79. The van der Waals surface area contributed by atoms with Crippen LogP contribution in [0.3, 0.4) is 0 Å². The summed E-state index contributed by atoms with van der Waals surface area (Å²) < 4.78 is 20.9. The summed E-state index contributed by atoms with van der Waals surface area (Å²) in [5.74, 6) is 0.0281. The molecule has 6 rings (SSSR count). The van der Waals surface area contributed by atoms with Gasteiger partial charge in [0.1, 0.15) is 23.1 Å². The number of piperazine rings is 1. The second-order valence-electron chi connectivity index (χ2n) is 9.74. The third kappa shape index (κ3) is 5.06. The Labute approximate surface area is 223 Å². The van der Waals surface area contributed by atoms with Gasteiger partial charge in [0.15, 0.2) is 0 Å². The second kappa shape index (κ2) is 10.3. The minimum absolute atomic E-state index is 0.0105. The third-order valence-corrected chi connectivity index (χ3v) is 8.01. The average molecular weight is 537 g/mol. The summed E-state index contributed by atoms with van der Waals surface area (Å²) >= 11 is 1.47. The molecule has 2 aliphatic heterocycles. The summed E-state index contributed by atoms with van der Waals surface area (Å²) in [5, 5.41) is 11.4. The van der Waals surface area contributed by atoms with E-state index in [2.05, 4.69) is 42.8 Å². The Morgan fingerprint density at radius 2 is 1.97 bits per heavy atom. The molecule has 1 amide bonds. The van der Waals surface area contributed by atoms with Crippen LogP contribution in [0.5, 0.6) is 6.01 Å². The Morgan fingerprint density at radius 1 is 1.13 bits per heavy atom. The van der Waals surface area contributed by atoms with E-state index in [9.17, 15) is 9.18 Å². The largest absolute Gasteiger partial charge is 0.462 e. The number of nitrogens with one attached hydrogen (secondary N) is 3. The number of carbonyl (C=O) groups excluding carboxylic acids is 1. The van der Waals surface area contributed by atoms with Crippen LogP contribution >= 0.6 is 11.3 Å². The van der Waals surface area contributed by atoms with Crippen LogP contribution in [-0.4, -0.2) is 89.6 Å².